The van der Waals surface area contributed by atoms with Crippen molar-refractivity contribution in [3.63, 3.8) is 0 Å². The number of methoxy groups -OCH3 is 1. The number of hydrogen-bond donors (Lipinski definition) is 3. The molecule has 18 heteroatoms. The Labute approximate surface area is 384 Å². The molecule has 1 aromatic heterocycles. The SMILES string of the molecule is COc1ccc2c(O[C@@H]3C[C@H]4C(=O)N[C@]5(C(=O)NS(=O)(=O)C6CC6)C[C@H]5/C=C\CC[C@@H](C)C[C@@H](C)[C@H](NC(=O)OC(C)(C)C(C)(F)F)C(=O)N4C3)cc(-c3ccc(OC(C)C)cc3)nc2c1. The van der Waals surface area contributed by atoms with Gasteiger partial charge in [0.2, 0.25) is 21.8 Å². The van der Waals surface area contributed by atoms with Gasteiger partial charge in [0.25, 0.3) is 11.8 Å². The third-order valence-electron chi connectivity index (χ3n) is 13.1. The van der Waals surface area contributed by atoms with Gasteiger partial charge < -0.3 is 34.5 Å². The molecule has 15 nitrogen and oxygen atoms in total. The first-order valence-corrected chi connectivity index (χ1v) is 24.2. The van der Waals surface area contributed by atoms with Crippen molar-refractivity contribution in [1.29, 1.82) is 0 Å². The first-order chi connectivity index (χ1) is 31.0. The highest BCUT2D eigenvalue weighted by Gasteiger charge is 2.62. The van der Waals surface area contributed by atoms with Gasteiger partial charge in [0.15, 0.2) is 5.60 Å². The fraction of sp³-hybridized carbons (Fsp3) is 0.562. The fourth-order valence-corrected chi connectivity index (χ4v) is 10.0. The highest BCUT2D eigenvalue weighted by molar-refractivity contribution is 7.91. The van der Waals surface area contributed by atoms with E-state index in [4.69, 9.17) is 23.9 Å². The van der Waals surface area contributed by atoms with Crippen molar-refractivity contribution in [1.82, 2.24) is 25.2 Å². The molecule has 358 valence electrons. The van der Waals surface area contributed by atoms with E-state index in [1.165, 1.54) is 4.90 Å². The second kappa shape index (κ2) is 18.6. The average molecular weight is 938 g/mol. The highest BCUT2D eigenvalue weighted by Crippen LogP contribution is 2.46. The van der Waals surface area contributed by atoms with E-state index in [1.807, 2.05) is 57.2 Å². The van der Waals surface area contributed by atoms with Crippen molar-refractivity contribution in [2.24, 2.45) is 17.8 Å². The molecule has 7 atom stereocenters. The van der Waals surface area contributed by atoms with Gasteiger partial charge in [0.1, 0.15) is 41.0 Å². The summed E-state index contributed by atoms with van der Waals surface area (Å²) in [4.78, 5) is 63.5. The molecule has 66 heavy (non-hydrogen) atoms. The van der Waals surface area contributed by atoms with Crippen LogP contribution in [0.15, 0.2) is 60.7 Å². The summed E-state index contributed by atoms with van der Waals surface area (Å²) in [6.45, 7) is 10.2. The lowest BCUT2D eigenvalue weighted by atomic mass is 9.88. The fourth-order valence-electron chi connectivity index (χ4n) is 8.68. The molecule has 3 N–H and O–H groups in total. The second-order valence-corrected chi connectivity index (χ2v) is 21.2. The van der Waals surface area contributed by atoms with Gasteiger partial charge in [0, 0.05) is 42.3 Å². The first-order valence-electron chi connectivity index (χ1n) is 22.7. The molecular formula is C48H61F2N5O10S. The second-order valence-electron chi connectivity index (χ2n) is 19.2. The van der Waals surface area contributed by atoms with Crippen LogP contribution in [-0.4, -0.2) is 102 Å². The van der Waals surface area contributed by atoms with Crippen molar-refractivity contribution in [3.8, 4) is 28.5 Å². The van der Waals surface area contributed by atoms with E-state index >= 15 is 4.79 Å². The van der Waals surface area contributed by atoms with Gasteiger partial charge in [-0.3, -0.25) is 19.1 Å². The maximum Gasteiger partial charge on any atom is 0.408 e. The van der Waals surface area contributed by atoms with Gasteiger partial charge >= 0.3 is 6.09 Å². The number of benzene rings is 2. The maximum absolute atomic E-state index is 15.1. The smallest absolute Gasteiger partial charge is 0.408 e. The number of nitrogens with zero attached hydrogens (tertiary/aromatic N) is 2. The maximum atomic E-state index is 15.1. The minimum atomic E-state index is -3.99. The number of aromatic nitrogens is 1. The van der Waals surface area contributed by atoms with Gasteiger partial charge in [-0.1, -0.05) is 26.0 Å². The Balaban J connectivity index is 1.26. The molecule has 2 aliphatic heterocycles. The Morgan fingerprint density at radius 3 is 2.33 bits per heavy atom. The zero-order valence-corrected chi connectivity index (χ0v) is 39.5. The van der Waals surface area contributed by atoms with Crippen LogP contribution in [0.3, 0.4) is 0 Å². The number of alkyl carbamates (subject to hydrolysis) is 1. The summed E-state index contributed by atoms with van der Waals surface area (Å²) in [5.74, 6) is -5.19. The summed E-state index contributed by atoms with van der Waals surface area (Å²) < 4.78 is 80.7. The first kappa shape index (κ1) is 48.4. The highest BCUT2D eigenvalue weighted by atomic mass is 32.2. The Hall–Kier alpha value is -5.52. The summed E-state index contributed by atoms with van der Waals surface area (Å²) >= 11 is 0. The van der Waals surface area contributed by atoms with Crippen molar-refractivity contribution in [2.45, 2.75) is 140 Å². The lowest BCUT2D eigenvalue weighted by Crippen LogP contribution is -2.59. The summed E-state index contributed by atoms with van der Waals surface area (Å²) in [6, 6.07) is 11.9. The van der Waals surface area contributed by atoms with Gasteiger partial charge in [-0.2, -0.15) is 0 Å². The van der Waals surface area contributed by atoms with Crippen molar-refractivity contribution in [3.05, 3.63) is 60.7 Å². The van der Waals surface area contributed by atoms with Gasteiger partial charge in [-0.15, -0.1) is 0 Å². The van der Waals surface area contributed by atoms with E-state index < -0.39 is 86.2 Å². The predicted molar refractivity (Wildman–Crippen MR) is 243 cm³/mol. The third kappa shape index (κ3) is 10.7. The molecule has 4 aliphatic rings. The predicted octanol–water partition coefficient (Wildman–Crippen LogP) is 7.07. The number of carbonyl (C=O) groups is 4. The molecule has 0 bridgehead atoms. The largest absolute Gasteiger partial charge is 0.497 e. The zero-order chi connectivity index (χ0) is 47.9. The van der Waals surface area contributed by atoms with E-state index in [2.05, 4.69) is 15.4 Å². The molecule has 2 aromatic carbocycles. The molecule has 3 fully saturated rings. The summed E-state index contributed by atoms with van der Waals surface area (Å²) in [5, 5.41) is 5.36. The van der Waals surface area contributed by atoms with Crippen molar-refractivity contribution >= 4 is 44.7 Å². The Bertz CT molecular complexity index is 2470. The summed E-state index contributed by atoms with van der Waals surface area (Å²) in [6.07, 6.45) is 4.15. The van der Waals surface area contributed by atoms with Crippen molar-refractivity contribution in [2.75, 3.05) is 13.7 Å². The Morgan fingerprint density at radius 2 is 1.68 bits per heavy atom. The Morgan fingerprint density at radius 1 is 0.985 bits per heavy atom. The van der Waals surface area contributed by atoms with Crippen LogP contribution in [-0.2, 0) is 29.1 Å². The van der Waals surface area contributed by atoms with Crippen LogP contribution in [0, 0.1) is 17.8 Å². The molecule has 2 saturated carbocycles. The molecule has 3 aromatic rings. The normalized spacial score (nSPS) is 26.8. The lowest BCUT2D eigenvalue weighted by molar-refractivity contribution is -0.152. The number of amides is 4. The van der Waals surface area contributed by atoms with Gasteiger partial charge in [0.05, 0.1) is 36.2 Å². The molecule has 0 radical (unpaired) electrons. The monoisotopic (exact) mass is 937 g/mol. The number of carbonyl (C=O) groups excluding carboxylic acids is 4. The van der Waals surface area contributed by atoms with Crippen molar-refractivity contribution < 1.29 is 55.3 Å². The summed E-state index contributed by atoms with van der Waals surface area (Å²) in [5.41, 5.74) is -2.01. The van der Waals surface area contributed by atoms with Crippen LogP contribution in [0.2, 0.25) is 0 Å². The molecule has 4 amide bonds. The quantitative estimate of drug-likeness (QED) is 0.158. The molecule has 2 aliphatic carbocycles. The van der Waals surface area contributed by atoms with Crippen LogP contribution in [0.25, 0.3) is 22.2 Å². The van der Waals surface area contributed by atoms with Crippen LogP contribution >= 0.6 is 0 Å². The number of alkyl halides is 2. The molecule has 3 heterocycles. The van der Waals surface area contributed by atoms with E-state index in [9.17, 15) is 31.6 Å². The van der Waals surface area contributed by atoms with E-state index in [0.29, 0.717) is 72.9 Å². The van der Waals surface area contributed by atoms with E-state index in [1.54, 1.807) is 38.3 Å². The molecule has 7 rings (SSSR count). The van der Waals surface area contributed by atoms with Crippen LogP contribution in [0.4, 0.5) is 13.6 Å². The molecular weight excluding hydrogens is 877 g/mol. The van der Waals surface area contributed by atoms with E-state index in [0.717, 1.165) is 19.4 Å². The number of halogens is 2. The van der Waals surface area contributed by atoms with Crippen LogP contribution in [0.5, 0.6) is 17.2 Å². The number of sulfonamides is 1. The number of hydrogen-bond acceptors (Lipinski definition) is 11. The minimum absolute atomic E-state index is 0.00666. The molecule has 0 spiro atoms. The number of pyridine rings is 1. The summed E-state index contributed by atoms with van der Waals surface area (Å²) in [7, 11) is -2.44. The number of fused-ring (bicyclic) bond motifs is 3. The lowest BCUT2D eigenvalue weighted by Gasteiger charge is -2.35. The Kier molecular flexibility index (Phi) is 13.7. The van der Waals surface area contributed by atoms with Crippen LogP contribution < -0.4 is 29.6 Å². The number of rotatable bonds is 12. The number of ether oxygens (including phenoxy) is 4. The topological polar surface area (TPSA) is 192 Å². The number of nitrogens with one attached hydrogen (secondary N) is 3. The number of allylic oxidation sites excluding steroid dienone is 1. The molecule has 1 saturated heterocycles. The van der Waals surface area contributed by atoms with Gasteiger partial charge in [-0.25, -0.2) is 27.0 Å². The van der Waals surface area contributed by atoms with E-state index in [-0.39, 0.29) is 31.4 Å². The van der Waals surface area contributed by atoms with Crippen LogP contribution in [0.1, 0.15) is 93.4 Å². The molecule has 0 unspecified atom stereocenters. The third-order valence-corrected chi connectivity index (χ3v) is 14.9. The standard InChI is InChI=1S/C48H61F2N5O10S/c1-27(2)63-32-15-13-30(14-16-32)37-24-40(36-20-17-33(62-8)22-38(36)51-37)64-34-23-39-42(56)53-48(44(58)54-66(60,61)35-18-19-35)25-31(48)12-10-9-11-28(3)21-29(4)41(43(57)55(39)26-34)52-45(59)65-46(5,6)47(7,49)50/h10,12-17,20,22,24,27-29,31,34-35,39,41H,9,11,18-19,21,23,25-26H2,1-8H3,(H,52,59)(H,53,56)(H,54,58)/b12-10-/t28-,29-,31-,34-,39+,41+,48-/m1/s1. The minimum Gasteiger partial charge on any atom is -0.497 e. The van der Waals surface area contributed by atoms with Gasteiger partial charge in [-0.05, 0) is 114 Å². The zero-order valence-electron chi connectivity index (χ0n) is 38.7. The average Bonchev–Trinajstić information content (AvgIpc) is 4.17.